The maximum atomic E-state index is 12.0. The van der Waals surface area contributed by atoms with Crippen LogP contribution in [0.1, 0.15) is 16.1 Å². The largest absolute Gasteiger partial charge is 0.287 e. The van der Waals surface area contributed by atoms with Gasteiger partial charge in [-0.15, -0.1) is 0 Å². The maximum Gasteiger partial charge on any atom is 0.212 e. The van der Waals surface area contributed by atoms with Crippen LogP contribution in [-0.2, 0) is 7.05 Å². The summed E-state index contributed by atoms with van der Waals surface area (Å²) < 4.78 is 2.33. The van der Waals surface area contributed by atoms with Gasteiger partial charge in [-0.3, -0.25) is 14.5 Å². The van der Waals surface area contributed by atoms with Crippen LogP contribution in [0.5, 0.6) is 0 Å². The highest BCUT2D eigenvalue weighted by atomic mass is 79.9. The summed E-state index contributed by atoms with van der Waals surface area (Å²) in [5, 5.41) is 3.95. The Balaban J connectivity index is 2.41. The standard InChI is InChI=1S/C10H8BrN3O/c1-14-9(2-3-13-14)10(15)7-4-8(11)6-12-5-7/h2-6H,1H3. The second-order valence-electron chi connectivity index (χ2n) is 3.06. The SMILES string of the molecule is Cn1nccc1C(=O)c1cncc(Br)c1. The molecule has 0 saturated carbocycles. The summed E-state index contributed by atoms with van der Waals surface area (Å²) in [4.78, 5) is 15.9. The number of hydrogen-bond donors (Lipinski definition) is 0. The number of pyridine rings is 1. The molecule has 0 fully saturated rings. The van der Waals surface area contributed by atoms with E-state index >= 15 is 0 Å². The lowest BCUT2D eigenvalue weighted by molar-refractivity contribution is 0.103. The number of halogens is 1. The topological polar surface area (TPSA) is 47.8 Å². The highest BCUT2D eigenvalue weighted by Gasteiger charge is 2.12. The third-order valence-corrected chi connectivity index (χ3v) is 2.45. The molecule has 0 N–H and O–H groups in total. The summed E-state index contributed by atoms with van der Waals surface area (Å²) in [7, 11) is 1.73. The van der Waals surface area contributed by atoms with Gasteiger partial charge in [-0.05, 0) is 28.1 Å². The highest BCUT2D eigenvalue weighted by Crippen LogP contribution is 2.13. The molecule has 0 unspecified atom stereocenters. The zero-order chi connectivity index (χ0) is 10.8. The fourth-order valence-corrected chi connectivity index (χ4v) is 1.65. The molecule has 0 bridgehead atoms. The molecule has 2 aromatic heterocycles. The Hall–Kier alpha value is -1.49. The van der Waals surface area contributed by atoms with Crippen molar-refractivity contribution in [3.63, 3.8) is 0 Å². The Labute approximate surface area is 95.1 Å². The van der Waals surface area contributed by atoms with E-state index in [1.165, 1.54) is 0 Å². The van der Waals surface area contributed by atoms with Crippen LogP contribution < -0.4 is 0 Å². The fraction of sp³-hybridized carbons (Fsp3) is 0.100. The van der Waals surface area contributed by atoms with Gasteiger partial charge in [0.25, 0.3) is 0 Å². The number of rotatable bonds is 2. The fourth-order valence-electron chi connectivity index (χ4n) is 1.28. The number of carbonyl (C=O) groups excluding carboxylic acids is 1. The van der Waals surface area contributed by atoms with Crippen LogP contribution in [0.25, 0.3) is 0 Å². The second-order valence-corrected chi connectivity index (χ2v) is 3.98. The molecule has 0 spiro atoms. The molecule has 15 heavy (non-hydrogen) atoms. The molecule has 0 aliphatic carbocycles. The zero-order valence-corrected chi connectivity index (χ0v) is 9.60. The van der Waals surface area contributed by atoms with Gasteiger partial charge in [-0.1, -0.05) is 0 Å². The maximum absolute atomic E-state index is 12.0. The molecule has 5 heteroatoms. The Morgan fingerprint density at radius 2 is 2.27 bits per heavy atom. The van der Waals surface area contributed by atoms with Gasteiger partial charge in [0.15, 0.2) is 0 Å². The van der Waals surface area contributed by atoms with Gasteiger partial charge in [0, 0.05) is 35.7 Å². The first kappa shape index (κ1) is 10.0. The summed E-state index contributed by atoms with van der Waals surface area (Å²) in [5.74, 6) is -0.0798. The van der Waals surface area contributed by atoms with Gasteiger partial charge in [0.05, 0.1) is 0 Å². The number of aryl methyl sites for hydroxylation is 1. The van der Waals surface area contributed by atoms with Crippen molar-refractivity contribution in [3.05, 3.63) is 46.5 Å². The van der Waals surface area contributed by atoms with Crippen molar-refractivity contribution in [2.75, 3.05) is 0 Å². The van der Waals surface area contributed by atoms with Crippen molar-refractivity contribution in [1.29, 1.82) is 0 Å². The van der Waals surface area contributed by atoms with Crippen molar-refractivity contribution in [1.82, 2.24) is 14.8 Å². The lowest BCUT2D eigenvalue weighted by atomic mass is 10.1. The summed E-state index contributed by atoms with van der Waals surface area (Å²) in [6.45, 7) is 0. The van der Waals surface area contributed by atoms with E-state index in [1.807, 2.05) is 0 Å². The minimum absolute atomic E-state index is 0.0798. The number of ketones is 1. The molecule has 0 amide bonds. The minimum atomic E-state index is -0.0798. The molecular weight excluding hydrogens is 258 g/mol. The third-order valence-electron chi connectivity index (χ3n) is 2.02. The molecule has 0 aliphatic heterocycles. The van der Waals surface area contributed by atoms with Crippen LogP contribution >= 0.6 is 15.9 Å². The summed E-state index contributed by atoms with van der Waals surface area (Å²) in [6.07, 6.45) is 4.78. The Morgan fingerprint density at radius 1 is 1.47 bits per heavy atom. The minimum Gasteiger partial charge on any atom is -0.287 e. The average Bonchev–Trinajstić information content (AvgIpc) is 2.63. The molecular formula is C10H8BrN3O. The van der Waals surface area contributed by atoms with Crippen LogP contribution in [0, 0.1) is 0 Å². The van der Waals surface area contributed by atoms with Crippen LogP contribution in [0.3, 0.4) is 0 Å². The molecule has 0 radical (unpaired) electrons. The first-order chi connectivity index (χ1) is 7.18. The van der Waals surface area contributed by atoms with E-state index in [-0.39, 0.29) is 5.78 Å². The molecule has 4 nitrogen and oxygen atoms in total. The van der Waals surface area contributed by atoms with E-state index in [0.29, 0.717) is 11.3 Å². The molecule has 0 aliphatic rings. The average molecular weight is 266 g/mol. The molecule has 2 aromatic rings. The van der Waals surface area contributed by atoms with Gasteiger partial charge >= 0.3 is 0 Å². The highest BCUT2D eigenvalue weighted by molar-refractivity contribution is 9.10. The smallest absolute Gasteiger partial charge is 0.212 e. The Bertz CT molecular complexity index is 507. The normalized spacial score (nSPS) is 10.3. The van der Waals surface area contributed by atoms with Crippen LogP contribution in [0.15, 0.2) is 35.2 Å². The van der Waals surface area contributed by atoms with Gasteiger partial charge in [0.2, 0.25) is 5.78 Å². The van der Waals surface area contributed by atoms with Crippen molar-refractivity contribution < 1.29 is 4.79 Å². The summed E-state index contributed by atoms with van der Waals surface area (Å²) in [6, 6.07) is 3.42. The first-order valence-electron chi connectivity index (χ1n) is 4.32. The Morgan fingerprint density at radius 3 is 2.87 bits per heavy atom. The van der Waals surface area contributed by atoms with Crippen LogP contribution in [0.4, 0.5) is 0 Å². The van der Waals surface area contributed by atoms with Crippen molar-refractivity contribution in [2.24, 2.45) is 7.05 Å². The number of hydrogen-bond acceptors (Lipinski definition) is 3. The van der Waals surface area contributed by atoms with Gasteiger partial charge < -0.3 is 0 Å². The van der Waals surface area contributed by atoms with Crippen molar-refractivity contribution >= 4 is 21.7 Å². The van der Waals surface area contributed by atoms with Gasteiger partial charge in [0.1, 0.15) is 5.69 Å². The molecule has 0 aromatic carbocycles. The monoisotopic (exact) mass is 265 g/mol. The number of carbonyl (C=O) groups is 1. The van der Waals surface area contributed by atoms with E-state index in [4.69, 9.17) is 0 Å². The second kappa shape index (κ2) is 3.94. The van der Waals surface area contributed by atoms with Crippen molar-refractivity contribution in [2.45, 2.75) is 0 Å². The number of aromatic nitrogens is 3. The van der Waals surface area contributed by atoms with Gasteiger partial charge in [-0.25, -0.2) is 0 Å². The quantitative estimate of drug-likeness (QED) is 0.779. The predicted octanol–water partition coefficient (Wildman–Crippen LogP) is 1.81. The van der Waals surface area contributed by atoms with E-state index in [2.05, 4.69) is 26.0 Å². The van der Waals surface area contributed by atoms with Crippen molar-refractivity contribution in [3.8, 4) is 0 Å². The lowest BCUT2D eigenvalue weighted by Gasteiger charge is -2.01. The number of nitrogens with zero attached hydrogens (tertiary/aromatic N) is 3. The van der Waals surface area contributed by atoms with Crippen LogP contribution in [0.2, 0.25) is 0 Å². The third kappa shape index (κ3) is 1.97. The molecule has 76 valence electrons. The molecule has 0 atom stereocenters. The summed E-state index contributed by atoms with van der Waals surface area (Å²) in [5.41, 5.74) is 1.10. The summed E-state index contributed by atoms with van der Waals surface area (Å²) >= 11 is 3.28. The van der Waals surface area contributed by atoms with E-state index < -0.39 is 0 Å². The predicted molar refractivity (Wildman–Crippen MR) is 58.6 cm³/mol. The van der Waals surface area contributed by atoms with Crippen LogP contribution in [-0.4, -0.2) is 20.5 Å². The van der Waals surface area contributed by atoms with E-state index in [0.717, 1.165) is 4.47 Å². The van der Waals surface area contributed by atoms with E-state index in [9.17, 15) is 4.79 Å². The van der Waals surface area contributed by atoms with Gasteiger partial charge in [-0.2, -0.15) is 5.10 Å². The Kier molecular flexibility index (Phi) is 2.64. The zero-order valence-electron chi connectivity index (χ0n) is 8.01. The van der Waals surface area contributed by atoms with E-state index in [1.54, 1.807) is 42.5 Å². The molecule has 2 rings (SSSR count). The first-order valence-corrected chi connectivity index (χ1v) is 5.11. The lowest BCUT2D eigenvalue weighted by Crippen LogP contribution is -2.08. The molecule has 0 saturated heterocycles. The molecule has 2 heterocycles.